The molecule has 0 aliphatic carbocycles. The van der Waals surface area contributed by atoms with Crippen LogP contribution in [0.15, 0.2) is 30.5 Å². The van der Waals surface area contributed by atoms with Crippen LogP contribution in [0.5, 0.6) is 11.5 Å². The van der Waals surface area contributed by atoms with Crippen molar-refractivity contribution in [1.29, 1.82) is 0 Å². The molecule has 1 aliphatic rings. The van der Waals surface area contributed by atoms with Crippen LogP contribution >= 0.6 is 0 Å². The molecular formula is C18H23N3O2. The number of nitrogens with zero attached hydrogens (tertiary/aromatic N) is 1. The van der Waals surface area contributed by atoms with E-state index < -0.39 is 0 Å². The van der Waals surface area contributed by atoms with Crippen molar-refractivity contribution in [2.24, 2.45) is 11.7 Å². The molecule has 0 bridgehead atoms. The number of benzene rings is 1. The van der Waals surface area contributed by atoms with E-state index in [0.717, 1.165) is 34.6 Å². The molecule has 0 radical (unpaired) electrons. The molecule has 0 unspecified atom stereocenters. The summed E-state index contributed by atoms with van der Waals surface area (Å²) >= 11 is 0. The van der Waals surface area contributed by atoms with Gasteiger partial charge in [-0.25, -0.2) is 4.98 Å². The largest absolute Gasteiger partial charge is 0.492 e. The third-order valence-electron chi connectivity index (χ3n) is 3.88. The maximum Gasteiger partial charge on any atom is 0.146 e. The Hall–Kier alpha value is -2.27. The number of aromatic nitrogens is 1. The summed E-state index contributed by atoms with van der Waals surface area (Å²) in [5.74, 6) is 2.64. The number of ether oxygens (including phenoxy) is 2. The van der Waals surface area contributed by atoms with Gasteiger partial charge in [-0.2, -0.15) is 0 Å². The van der Waals surface area contributed by atoms with Gasteiger partial charge in [0.25, 0.3) is 0 Å². The Morgan fingerprint density at radius 3 is 2.87 bits per heavy atom. The van der Waals surface area contributed by atoms with Crippen LogP contribution < -0.4 is 20.9 Å². The van der Waals surface area contributed by atoms with Crippen LogP contribution in [0.2, 0.25) is 0 Å². The summed E-state index contributed by atoms with van der Waals surface area (Å²) in [4.78, 5) is 4.07. The predicted octanol–water partition coefficient (Wildman–Crippen LogP) is 2.98. The van der Waals surface area contributed by atoms with E-state index in [0.29, 0.717) is 24.9 Å². The van der Waals surface area contributed by atoms with Crippen LogP contribution in [0.3, 0.4) is 0 Å². The first-order chi connectivity index (χ1) is 11.0. The molecule has 1 aromatic carbocycles. The third-order valence-corrected chi connectivity index (χ3v) is 3.88. The zero-order chi connectivity index (χ0) is 16.4. The van der Waals surface area contributed by atoms with Gasteiger partial charge in [0.2, 0.25) is 0 Å². The molecule has 0 fully saturated rings. The quantitative estimate of drug-likeness (QED) is 0.886. The average molecular weight is 313 g/mol. The standard InChI is InChI=1S/C18H23N3O2/c1-11(2)5-13(19)10-22-14-3-4-15-12(6-14)9-23-17-8-21-18(20)7-16(15)17/h3-4,6-8,11,13H,5,9-10,19H2,1-2H3,(H2,20,21)/t13-/m0/s1. The number of hydrogen-bond donors (Lipinski definition) is 2. The van der Waals surface area contributed by atoms with Crippen molar-refractivity contribution >= 4 is 5.82 Å². The molecule has 2 heterocycles. The Morgan fingerprint density at radius 2 is 2.09 bits per heavy atom. The van der Waals surface area contributed by atoms with Crippen LogP contribution in [-0.4, -0.2) is 17.6 Å². The van der Waals surface area contributed by atoms with Crippen molar-refractivity contribution in [3.8, 4) is 22.6 Å². The molecule has 5 heteroatoms. The summed E-state index contributed by atoms with van der Waals surface area (Å²) in [5, 5.41) is 0. The summed E-state index contributed by atoms with van der Waals surface area (Å²) in [6.07, 6.45) is 2.62. The Balaban J connectivity index is 1.76. The molecule has 2 aromatic rings. The van der Waals surface area contributed by atoms with Gasteiger partial charge in [0.15, 0.2) is 0 Å². The number of nitrogens with two attached hydrogens (primary N) is 2. The topological polar surface area (TPSA) is 83.4 Å². The zero-order valence-electron chi connectivity index (χ0n) is 13.6. The van der Waals surface area contributed by atoms with Crippen molar-refractivity contribution in [2.75, 3.05) is 12.3 Å². The lowest BCUT2D eigenvalue weighted by atomic mass is 9.98. The van der Waals surface area contributed by atoms with E-state index in [1.807, 2.05) is 24.3 Å². The normalized spacial score (nSPS) is 13.9. The summed E-state index contributed by atoms with van der Waals surface area (Å²) in [7, 11) is 0. The fourth-order valence-electron chi connectivity index (χ4n) is 2.86. The smallest absolute Gasteiger partial charge is 0.146 e. The van der Waals surface area contributed by atoms with E-state index in [9.17, 15) is 0 Å². The van der Waals surface area contributed by atoms with E-state index >= 15 is 0 Å². The lowest BCUT2D eigenvalue weighted by Gasteiger charge is -2.22. The summed E-state index contributed by atoms with van der Waals surface area (Å²) in [6, 6.07) is 7.91. The summed E-state index contributed by atoms with van der Waals surface area (Å²) in [5.41, 5.74) is 15.0. The monoisotopic (exact) mass is 313 g/mol. The average Bonchev–Trinajstić information content (AvgIpc) is 2.51. The minimum Gasteiger partial charge on any atom is -0.492 e. The second-order valence-corrected chi connectivity index (χ2v) is 6.41. The van der Waals surface area contributed by atoms with E-state index in [1.165, 1.54) is 0 Å². The highest BCUT2D eigenvalue weighted by molar-refractivity contribution is 5.77. The summed E-state index contributed by atoms with van der Waals surface area (Å²) < 4.78 is 11.6. The molecule has 0 spiro atoms. The van der Waals surface area contributed by atoms with Crippen molar-refractivity contribution in [2.45, 2.75) is 32.9 Å². The van der Waals surface area contributed by atoms with Gasteiger partial charge in [-0.1, -0.05) is 19.9 Å². The minimum atomic E-state index is 0.0499. The molecular weight excluding hydrogens is 290 g/mol. The van der Waals surface area contributed by atoms with Crippen LogP contribution in [0, 0.1) is 5.92 Å². The van der Waals surface area contributed by atoms with Gasteiger partial charge in [-0.3, -0.25) is 0 Å². The Bertz CT molecular complexity index is 701. The predicted molar refractivity (Wildman–Crippen MR) is 91.3 cm³/mol. The molecule has 0 saturated carbocycles. The highest BCUT2D eigenvalue weighted by Gasteiger charge is 2.18. The molecule has 0 amide bonds. The van der Waals surface area contributed by atoms with Gasteiger partial charge in [-0.15, -0.1) is 0 Å². The number of hydrogen-bond acceptors (Lipinski definition) is 5. The number of pyridine rings is 1. The van der Waals surface area contributed by atoms with E-state index in [2.05, 4.69) is 18.8 Å². The van der Waals surface area contributed by atoms with Crippen molar-refractivity contribution in [1.82, 2.24) is 4.98 Å². The third kappa shape index (κ3) is 3.56. The van der Waals surface area contributed by atoms with E-state index in [4.69, 9.17) is 20.9 Å². The number of anilines is 1. The second kappa shape index (κ2) is 6.46. The first-order valence-electron chi connectivity index (χ1n) is 7.93. The Labute approximate surface area is 136 Å². The molecule has 0 saturated heterocycles. The van der Waals surface area contributed by atoms with Gasteiger partial charge < -0.3 is 20.9 Å². The zero-order valence-corrected chi connectivity index (χ0v) is 13.6. The first-order valence-corrected chi connectivity index (χ1v) is 7.93. The number of nitrogen functional groups attached to an aromatic ring is 1. The van der Waals surface area contributed by atoms with Crippen LogP contribution in [0.1, 0.15) is 25.8 Å². The van der Waals surface area contributed by atoms with Gasteiger partial charge in [0.05, 0.1) is 6.20 Å². The second-order valence-electron chi connectivity index (χ2n) is 6.41. The molecule has 23 heavy (non-hydrogen) atoms. The molecule has 3 rings (SSSR count). The molecule has 5 nitrogen and oxygen atoms in total. The lowest BCUT2D eigenvalue weighted by molar-refractivity contribution is 0.268. The molecule has 1 atom stereocenters. The van der Waals surface area contributed by atoms with E-state index in [-0.39, 0.29) is 6.04 Å². The van der Waals surface area contributed by atoms with Gasteiger partial charge >= 0.3 is 0 Å². The van der Waals surface area contributed by atoms with Crippen LogP contribution in [0.4, 0.5) is 5.82 Å². The highest BCUT2D eigenvalue weighted by Crippen LogP contribution is 2.39. The highest BCUT2D eigenvalue weighted by atomic mass is 16.5. The van der Waals surface area contributed by atoms with Gasteiger partial charge in [0, 0.05) is 17.2 Å². The van der Waals surface area contributed by atoms with Gasteiger partial charge in [-0.05, 0) is 36.1 Å². The van der Waals surface area contributed by atoms with Gasteiger partial charge in [0.1, 0.15) is 30.5 Å². The van der Waals surface area contributed by atoms with Crippen molar-refractivity contribution in [3.63, 3.8) is 0 Å². The van der Waals surface area contributed by atoms with Crippen LogP contribution in [0.25, 0.3) is 11.1 Å². The van der Waals surface area contributed by atoms with Crippen molar-refractivity contribution < 1.29 is 9.47 Å². The maximum atomic E-state index is 6.07. The molecule has 1 aromatic heterocycles. The maximum absolute atomic E-state index is 6.07. The number of fused-ring (bicyclic) bond motifs is 3. The first kappa shape index (κ1) is 15.6. The van der Waals surface area contributed by atoms with Crippen LogP contribution in [-0.2, 0) is 6.61 Å². The lowest BCUT2D eigenvalue weighted by Crippen LogP contribution is -2.29. The van der Waals surface area contributed by atoms with Crippen molar-refractivity contribution in [3.05, 3.63) is 36.0 Å². The Kier molecular flexibility index (Phi) is 4.39. The Morgan fingerprint density at radius 1 is 1.26 bits per heavy atom. The molecule has 1 aliphatic heterocycles. The SMILES string of the molecule is CC(C)C[C@H](N)COc1ccc2c(c1)COc1cnc(N)cc1-2. The fourth-order valence-corrected chi connectivity index (χ4v) is 2.86. The molecule has 122 valence electrons. The van der Waals surface area contributed by atoms with E-state index in [1.54, 1.807) is 6.20 Å². The fraction of sp³-hybridized carbons (Fsp3) is 0.389. The number of rotatable bonds is 5. The summed E-state index contributed by atoms with van der Waals surface area (Å²) in [6.45, 7) is 5.34. The minimum absolute atomic E-state index is 0.0499. The molecule has 4 N–H and O–H groups in total.